The number of alkyl halides is 2. The van der Waals surface area contributed by atoms with Crippen LogP contribution in [0.2, 0.25) is 0 Å². The minimum absolute atomic E-state index is 0.193. The molecular formula is C12H13F2N5O. The van der Waals surface area contributed by atoms with Gasteiger partial charge in [0.25, 0.3) is 5.92 Å². The molecule has 0 bridgehead atoms. The van der Waals surface area contributed by atoms with Gasteiger partial charge >= 0.3 is 0 Å². The van der Waals surface area contributed by atoms with E-state index >= 15 is 0 Å². The maximum absolute atomic E-state index is 13.1. The van der Waals surface area contributed by atoms with E-state index in [1.165, 1.54) is 12.3 Å². The molecule has 1 aliphatic heterocycles. The maximum Gasteiger partial charge on any atom is 0.251 e. The molecule has 3 heterocycles. The zero-order valence-corrected chi connectivity index (χ0v) is 10.6. The fourth-order valence-corrected chi connectivity index (χ4v) is 2.15. The Labute approximate surface area is 112 Å². The van der Waals surface area contributed by atoms with Crippen molar-refractivity contribution in [3.8, 4) is 11.4 Å². The average Bonchev–Trinajstić information content (AvgIpc) is 2.88. The molecular weight excluding hydrogens is 268 g/mol. The number of anilines is 1. The van der Waals surface area contributed by atoms with Crippen LogP contribution in [-0.4, -0.2) is 39.2 Å². The van der Waals surface area contributed by atoms with Gasteiger partial charge < -0.3 is 9.88 Å². The molecule has 2 aromatic rings. The van der Waals surface area contributed by atoms with E-state index in [0.29, 0.717) is 17.3 Å². The molecule has 0 aliphatic carbocycles. The topological polar surface area (TPSA) is 77.7 Å². The summed E-state index contributed by atoms with van der Waals surface area (Å²) in [7, 11) is 0. The molecule has 3 rings (SSSR count). The molecule has 0 amide bonds. The van der Waals surface area contributed by atoms with Gasteiger partial charge in [-0.1, -0.05) is 0 Å². The number of aromatic nitrogens is 4. The summed E-state index contributed by atoms with van der Waals surface area (Å²) in [6.45, 7) is 0.444. The van der Waals surface area contributed by atoms with Gasteiger partial charge in [-0.15, -0.1) is 5.10 Å². The lowest BCUT2D eigenvalue weighted by atomic mass is 10.1. The van der Waals surface area contributed by atoms with Crippen LogP contribution in [0, 0.1) is 0 Å². The summed E-state index contributed by atoms with van der Waals surface area (Å²) in [4.78, 5) is 19.7. The van der Waals surface area contributed by atoms with Crippen LogP contribution in [0.25, 0.3) is 11.4 Å². The number of nitrogens with zero attached hydrogens (tertiary/aromatic N) is 3. The van der Waals surface area contributed by atoms with E-state index in [0.717, 1.165) is 0 Å². The molecule has 2 aromatic heterocycles. The smallest absolute Gasteiger partial charge is 0.251 e. The predicted octanol–water partition coefficient (Wildman–Crippen LogP) is 1.40. The van der Waals surface area contributed by atoms with Crippen molar-refractivity contribution in [3.63, 3.8) is 0 Å². The van der Waals surface area contributed by atoms with E-state index in [1.54, 1.807) is 11.0 Å². The number of piperidine rings is 1. The molecule has 0 atom stereocenters. The summed E-state index contributed by atoms with van der Waals surface area (Å²) < 4.78 is 26.2. The number of nitrogens with one attached hydrogen (secondary N) is 2. The van der Waals surface area contributed by atoms with Crippen molar-refractivity contribution in [1.29, 1.82) is 0 Å². The molecule has 1 aliphatic rings. The molecule has 0 unspecified atom stereocenters. The molecule has 8 heteroatoms. The van der Waals surface area contributed by atoms with Crippen LogP contribution in [-0.2, 0) is 0 Å². The summed E-state index contributed by atoms with van der Waals surface area (Å²) in [5.41, 5.74) is 0.368. The zero-order chi connectivity index (χ0) is 14.2. The minimum atomic E-state index is -2.59. The molecule has 1 fully saturated rings. The summed E-state index contributed by atoms with van der Waals surface area (Å²) in [5.74, 6) is -1.76. The van der Waals surface area contributed by atoms with Crippen LogP contribution in [0.3, 0.4) is 0 Å². The third kappa shape index (κ3) is 2.54. The van der Waals surface area contributed by atoms with E-state index in [4.69, 9.17) is 0 Å². The molecule has 20 heavy (non-hydrogen) atoms. The molecule has 1 saturated heterocycles. The van der Waals surface area contributed by atoms with Gasteiger partial charge in [0.05, 0.1) is 0 Å². The van der Waals surface area contributed by atoms with Gasteiger partial charge in [-0.2, -0.15) is 4.98 Å². The fourth-order valence-electron chi connectivity index (χ4n) is 2.15. The predicted molar refractivity (Wildman–Crippen MR) is 68.8 cm³/mol. The molecule has 2 N–H and O–H groups in total. The minimum Gasteiger partial charge on any atom is -0.339 e. The number of hydrogen-bond acceptors (Lipinski definition) is 4. The second-order valence-corrected chi connectivity index (χ2v) is 4.77. The Balaban J connectivity index is 1.79. The monoisotopic (exact) mass is 281 g/mol. The van der Waals surface area contributed by atoms with E-state index in [2.05, 4.69) is 20.2 Å². The normalized spacial score (nSPS) is 18.2. The van der Waals surface area contributed by atoms with Crippen molar-refractivity contribution >= 4 is 5.95 Å². The molecule has 0 saturated carbocycles. The first-order valence-corrected chi connectivity index (χ1v) is 6.28. The molecule has 0 aromatic carbocycles. The van der Waals surface area contributed by atoms with Gasteiger partial charge in [0.2, 0.25) is 11.5 Å². The zero-order valence-electron chi connectivity index (χ0n) is 10.6. The molecule has 106 valence electrons. The standard InChI is InChI=1S/C12H13F2N5O/c13-12(14)2-5-19(6-3-12)11-16-10(17-18-11)8-1-4-15-9(20)7-8/h1,4,7H,2-3,5-6H2,(H,15,20)(H,16,17,18). The van der Waals surface area contributed by atoms with Crippen LogP contribution in [0.4, 0.5) is 14.7 Å². The Morgan fingerprint density at radius 2 is 2.05 bits per heavy atom. The third-order valence-electron chi connectivity index (χ3n) is 3.30. The van der Waals surface area contributed by atoms with Gasteiger partial charge in [0, 0.05) is 43.8 Å². The molecule has 0 radical (unpaired) electrons. The highest BCUT2D eigenvalue weighted by Crippen LogP contribution is 2.29. The Morgan fingerprint density at radius 3 is 2.75 bits per heavy atom. The Kier molecular flexibility index (Phi) is 3.00. The van der Waals surface area contributed by atoms with Crippen LogP contribution in [0.1, 0.15) is 12.8 Å². The Morgan fingerprint density at radius 1 is 1.30 bits per heavy atom. The molecule has 0 spiro atoms. The van der Waals surface area contributed by atoms with Gasteiger partial charge in [-0.25, -0.2) is 8.78 Å². The Hall–Kier alpha value is -2.25. The summed E-state index contributed by atoms with van der Waals surface area (Å²) >= 11 is 0. The van der Waals surface area contributed by atoms with Crippen LogP contribution >= 0.6 is 0 Å². The second kappa shape index (κ2) is 4.69. The lowest BCUT2D eigenvalue weighted by Crippen LogP contribution is -2.39. The maximum atomic E-state index is 13.1. The van der Waals surface area contributed by atoms with Gasteiger partial charge in [-0.05, 0) is 6.07 Å². The number of halogens is 2. The number of pyridine rings is 1. The quantitative estimate of drug-likeness (QED) is 0.872. The number of hydrogen-bond donors (Lipinski definition) is 2. The second-order valence-electron chi connectivity index (χ2n) is 4.77. The average molecular weight is 281 g/mol. The highest BCUT2D eigenvalue weighted by molar-refractivity contribution is 5.55. The lowest BCUT2D eigenvalue weighted by Gasteiger charge is -2.30. The SMILES string of the molecule is O=c1cc(-c2nc(N3CCC(F)(F)CC3)n[nH]2)cc[nH]1. The van der Waals surface area contributed by atoms with E-state index in [-0.39, 0.29) is 31.5 Å². The van der Waals surface area contributed by atoms with E-state index in [9.17, 15) is 13.6 Å². The largest absolute Gasteiger partial charge is 0.339 e. The van der Waals surface area contributed by atoms with Gasteiger partial charge in [0.15, 0.2) is 5.82 Å². The number of H-pyrrole nitrogens is 2. The Bertz CT molecular complexity index is 656. The first-order valence-electron chi connectivity index (χ1n) is 6.28. The van der Waals surface area contributed by atoms with Crippen LogP contribution < -0.4 is 10.5 Å². The first kappa shape index (κ1) is 12.8. The van der Waals surface area contributed by atoms with E-state index < -0.39 is 5.92 Å². The van der Waals surface area contributed by atoms with Gasteiger partial charge in [-0.3, -0.25) is 9.89 Å². The number of aromatic amines is 2. The summed E-state index contributed by atoms with van der Waals surface area (Å²) in [6, 6.07) is 3.09. The van der Waals surface area contributed by atoms with Crippen molar-refractivity contribution in [1.82, 2.24) is 20.2 Å². The summed E-state index contributed by atoms with van der Waals surface area (Å²) in [6.07, 6.45) is 1.13. The van der Waals surface area contributed by atoms with Crippen molar-refractivity contribution < 1.29 is 8.78 Å². The van der Waals surface area contributed by atoms with Crippen molar-refractivity contribution in [2.24, 2.45) is 0 Å². The number of rotatable bonds is 2. The third-order valence-corrected chi connectivity index (χ3v) is 3.30. The highest BCUT2D eigenvalue weighted by atomic mass is 19.3. The first-order chi connectivity index (χ1) is 9.53. The van der Waals surface area contributed by atoms with Crippen molar-refractivity contribution in [2.75, 3.05) is 18.0 Å². The van der Waals surface area contributed by atoms with Crippen LogP contribution in [0.5, 0.6) is 0 Å². The van der Waals surface area contributed by atoms with Crippen molar-refractivity contribution in [3.05, 3.63) is 28.7 Å². The molecule has 6 nitrogen and oxygen atoms in total. The van der Waals surface area contributed by atoms with Crippen LogP contribution in [0.15, 0.2) is 23.1 Å². The highest BCUT2D eigenvalue weighted by Gasteiger charge is 2.35. The van der Waals surface area contributed by atoms with Crippen molar-refractivity contribution in [2.45, 2.75) is 18.8 Å². The summed E-state index contributed by atoms with van der Waals surface area (Å²) in [5, 5.41) is 6.75. The fraction of sp³-hybridized carbons (Fsp3) is 0.417. The lowest BCUT2D eigenvalue weighted by molar-refractivity contribution is -0.0222. The van der Waals surface area contributed by atoms with Gasteiger partial charge in [0.1, 0.15) is 0 Å². The van der Waals surface area contributed by atoms with E-state index in [1.807, 2.05) is 0 Å².